The fourth-order valence-electron chi connectivity index (χ4n) is 3.37. The van der Waals surface area contributed by atoms with Crippen molar-refractivity contribution in [1.82, 2.24) is 15.1 Å². The van der Waals surface area contributed by atoms with Crippen LogP contribution < -0.4 is 9.64 Å². The summed E-state index contributed by atoms with van der Waals surface area (Å²) < 4.78 is 5.98. The number of carbonyl (C=O) groups is 1. The summed E-state index contributed by atoms with van der Waals surface area (Å²) in [6.45, 7) is 5.79. The van der Waals surface area contributed by atoms with E-state index in [0.717, 1.165) is 50.9 Å². The molecule has 0 spiro atoms. The molecule has 6 heteroatoms. The van der Waals surface area contributed by atoms with E-state index in [0.29, 0.717) is 18.3 Å². The molecule has 0 bridgehead atoms. The maximum absolute atomic E-state index is 12.8. The number of hydrogen-bond donors (Lipinski definition) is 0. The molecule has 1 fully saturated rings. The van der Waals surface area contributed by atoms with Gasteiger partial charge < -0.3 is 14.5 Å². The molecule has 1 aliphatic heterocycles. The van der Waals surface area contributed by atoms with Crippen molar-refractivity contribution in [3.8, 4) is 5.88 Å². The molecule has 140 valence electrons. The van der Waals surface area contributed by atoms with E-state index < -0.39 is 0 Å². The largest absolute Gasteiger partial charge is 0.471 e. The number of nitrogens with zero attached hydrogens (tertiary/aromatic N) is 4. The van der Waals surface area contributed by atoms with Crippen molar-refractivity contribution < 1.29 is 9.53 Å². The van der Waals surface area contributed by atoms with Gasteiger partial charge in [0.15, 0.2) is 5.82 Å². The van der Waals surface area contributed by atoms with Crippen molar-refractivity contribution in [1.29, 1.82) is 0 Å². The van der Waals surface area contributed by atoms with Crippen LogP contribution in [0.2, 0.25) is 0 Å². The van der Waals surface area contributed by atoms with E-state index in [-0.39, 0.29) is 12.0 Å². The molecule has 1 aromatic rings. The monoisotopic (exact) mass is 348 g/mol. The minimum Gasteiger partial charge on any atom is -0.471 e. The molecule has 1 saturated heterocycles. The maximum atomic E-state index is 12.8. The third-order valence-electron chi connectivity index (χ3n) is 4.68. The Morgan fingerprint density at radius 2 is 2.00 bits per heavy atom. The number of hydrogen-bond acceptors (Lipinski definition) is 5. The number of ether oxygens (including phenoxy) is 1. The van der Waals surface area contributed by atoms with Gasteiger partial charge in [0.25, 0.3) is 0 Å². The summed E-state index contributed by atoms with van der Waals surface area (Å²) in [5.41, 5.74) is 0. The predicted octanol–water partition coefficient (Wildman–Crippen LogP) is 3.13. The molecule has 1 aromatic heterocycles. The number of anilines is 1. The van der Waals surface area contributed by atoms with Gasteiger partial charge in [0.05, 0.1) is 6.54 Å². The lowest BCUT2D eigenvalue weighted by atomic mass is 9.95. The van der Waals surface area contributed by atoms with Gasteiger partial charge in [-0.15, -0.1) is 10.2 Å². The van der Waals surface area contributed by atoms with Crippen LogP contribution in [0.4, 0.5) is 5.82 Å². The highest BCUT2D eigenvalue weighted by atomic mass is 16.5. The van der Waals surface area contributed by atoms with Gasteiger partial charge in [-0.2, -0.15) is 0 Å². The van der Waals surface area contributed by atoms with Crippen LogP contribution in [-0.2, 0) is 4.79 Å². The van der Waals surface area contributed by atoms with Crippen LogP contribution in [-0.4, -0.2) is 54.3 Å². The minimum atomic E-state index is 0.00103. The minimum absolute atomic E-state index is 0.00103. The van der Waals surface area contributed by atoms with Gasteiger partial charge in [0, 0.05) is 32.6 Å². The van der Waals surface area contributed by atoms with Crippen molar-refractivity contribution in [2.24, 2.45) is 5.92 Å². The second-order valence-electron chi connectivity index (χ2n) is 7.06. The van der Waals surface area contributed by atoms with Crippen molar-refractivity contribution >= 4 is 11.7 Å². The Hall–Kier alpha value is -1.85. The van der Waals surface area contributed by atoms with Crippen molar-refractivity contribution in [2.75, 3.05) is 32.1 Å². The van der Waals surface area contributed by atoms with E-state index in [9.17, 15) is 4.79 Å². The highest BCUT2D eigenvalue weighted by Gasteiger charge is 2.29. The summed E-state index contributed by atoms with van der Waals surface area (Å²) in [6, 6.07) is 3.74. The summed E-state index contributed by atoms with van der Waals surface area (Å²) >= 11 is 0. The quantitative estimate of drug-likeness (QED) is 0.722. The van der Waals surface area contributed by atoms with Gasteiger partial charge in [0.1, 0.15) is 6.10 Å². The van der Waals surface area contributed by atoms with Crippen LogP contribution in [0.1, 0.15) is 52.4 Å². The fourth-order valence-corrected chi connectivity index (χ4v) is 3.37. The fraction of sp³-hybridized carbons (Fsp3) is 0.737. The van der Waals surface area contributed by atoms with E-state index in [1.165, 1.54) is 0 Å². The zero-order valence-electron chi connectivity index (χ0n) is 16.1. The number of likely N-dealkylation sites (tertiary alicyclic amines) is 1. The third-order valence-corrected chi connectivity index (χ3v) is 4.68. The Kier molecular flexibility index (Phi) is 7.47. The summed E-state index contributed by atoms with van der Waals surface area (Å²) in [5, 5.41) is 8.29. The van der Waals surface area contributed by atoms with Crippen molar-refractivity contribution in [3.05, 3.63) is 12.1 Å². The summed E-state index contributed by atoms with van der Waals surface area (Å²) in [7, 11) is 3.86. The van der Waals surface area contributed by atoms with Gasteiger partial charge in [-0.25, -0.2) is 0 Å². The summed E-state index contributed by atoms with van der Waals surface area (Å²) in [4.78, 5) is 16.7. The van der Waals surface area contributed by atoms with Gasteiger partial charge in [0.2, 0.25) is 11.8 Å². The van der Waals surface area contributed by atoms with Crippen molar-refractivity contribution in [2.45, 2.75) is 58.5 Å². The van der Waals surface area contributed by atoms with Gasteiger partial charge >= 0.3 is 0 Å². The normalized spacial score (nSPS) is 17.6. The lowest BCUT2D eigenvalue weighted by Gasteiger charge is -2.34. The predicted molar refractivity (Wildman–Crippen MR) is 99.9 cm³/mol. The summed E-state index contributed by atoms with van der Waals surface area (Å²) in [6.07, 6.45) is 5.99. The molecule has 0 aliphatic carbocycles. The highest BCUT2D eigenvalue weighted by Crippen LogP contribution is 2.22. The van der Waals surface area contributed by atoms with E-state index in [4.69, 9.17) is 4.74 Å². The molecular formula is C19H32N4O2. The smallest absolute Gasteiger partial charge is 0.233 e. The molecule has 1 aliphatic rings. The molecule has 25 heavy (non-hydrogen) atoms. The molecule has 6 nitrogen and oxygen atoms in total. The molecule has 2 heterocycles. The topological polar surface area (TPSA) is 58.6 Å². The molecule has 0 N–H and O–H groups in total. The second-order valence-corrected chi connectivity index (χ2v) is 7.06. The first kappa shape index (κ1) is 19.5. The number of rotatable bonds is 8. The van der Waals surface area contributed by atoms with Crippen LogP contribution in [0.15, 0.2) is 12.1 Å². The van der Waals surface area contributed by atoms with Crippen molar-refractivity contribution in [3.63, 3.8) is 0 Å². The maximum Gasteiger partial charge on any atom is 0.233 e. The van der Waals surface area contributed by atoms with Crippen LogP contribution in [0.3, 0.4) is 0 Å². The molecule has 0 aromatic carbocycles. The Morgan fingerprint density at radius 1 is 1.28 bits per heavy atom. The van der Waals surface area contributed by atoms with E-state index >= 15 is 0 Å². The molecule has 2 rings (SSSR count). The van der Waals surface area contributed by atoms with Crippen LogP contribution in [0, 0.1) is 5.92 Å². The second kappa shape index (κ2) is 9.59. The average Bonchev–Trinajstić information content (AvgIpc) is 2.61. The molecule has 1 atom stereocenters. The zero-order chi connectivity index (χ0) is 18.2. The third kappa shape index (κ3) is 5.58. The molecule has 1 unspecified atom stereocenters. The van der Waals surface area contributed by atoms with E-state index in [2.05, 4.69) is 24.0 Å². The first-order chi connectivity index (χ1) is 12.0. The molecular weight excluding hydrogens is 316 g/mol. The molecule has 0 radical (unpaired) electrons. The van der Waals surface area contributed by atoms with E-state index in [1.807, 2.05) is 36.0 Å². The lowest BCUT2D eigenvalue weighted by molar-refractivity contribution is -0.138. The van der Waals surface area contributed by atoms with Gasteiger partial charge in [-0.1, -0.05) is 26.7 Å². The van der Waals surface area contributed by atoms with Gasteiger partial charge in [-0.05, 0) is 31.7 Å². The first-order valence-corrected chi connectivity index (χ1v) is 9.51. The van der Waals surface area contributed by atoms with E-state index in [1.54, 1.807) is 0 Å². The number of carbonyl (C=O) groups excluding carboxylic acids is 1. The lowest BCUT2D eigenvalue weighted by Crippen LogP contribution is -2.46. The standard InChI is InChI=1S/C19H32N4O2/c1-5-8-15(9-6-2)19(24)23-13-7-10-16(14-23)25-18-12-11-17(20-21-18)22(3)4/h11-12,15-16H,5-10,13-14H2,1-4H3. The first-order valence-electron chi connectivity index (χ1n) is 9.51. The Morgan fingerprint density at radius 3 is 2.56 bits per heavy atom. The average molecular weight is 348 g/mol. The number of piperidine rings is 1. The van der Waals surface area contributed by atoms with Crippen LogP contribution >= 0.6 is 0 Å². The Balaban J connectivity index is 1.94. The Labute approximate surface area is 151 Å². The van der Waals surface area contributed by atoms with Gasteiger partial charge in [-0.3, -0.25) is 4.79 Å². The summed E-state index contributed by atoms with van der Waals surface area (Å²) in [5.74, 6) is 1.79. The zero-order valence-corrected chi connectivity index (χ0v) is 16.1. The van der Waals surface area contributed by atoms with Crippen LogP contribution in [0.25, 0.3) is 0 Å². The highest BCUT2D eigenvalue weighted by molar-refractivity contribution is 5.79. The molecule has 0 saturated carbocycles. The number of amides is 1. The SMILES string of the molecule is CCCC(CCC)C(=O)N1CCCC(Oc2ccc(N(C)C)nn2)C1. The molecule has 1 amide bonds. The Bertz CT molecular complexity index is 527. The number of aromatic nitrogens is 2. The van der Waals surface area contributed by atoms with Crippen LogP contribution in [0.5, 0.6) is 5.88 Å².